The van der Waals surface area contributed by atoms with Crippen molar-refractivity contribution in [2.45, 2.75) is 19.1 Å². The summed E-state index contributed by atoms with van der Waals surface area (Å²) in [7, 11) is 1.63. The Bertz CT molecular complexity index is 1670. The first kappa shape index (κ1) is 24.5. The number of benzene rings is 4. The molecule has 39 heavy (non-hydrogen) atoms. The third-order valence-electron chi connectivity index (χ3n) is 7.12. The van der Waals surface area contributed by atoms with Crippen LogP contribution in [0, 0.1) is 0 Å². The van der Waals surface area contributed by atoms with E-state index in [1.54, 1.807) is 36.3 Å². The molecule has 1 amide bonds. The highest BCUT2D eigenvalue weighted by Crippen LogP contribution is 2.38. The molecule has 0 radical (unpaired) electrons. The van der Waals surface area contributed by atoms with Crippen LogP contribution >= 0.6 is 0 Å². The summed E-state index contributed by atoms with van der Waals surface area (Å²) in [5.41, 5.74) is 3.58. The Balaban J connectivity index is 1.33. The molecule has 1 aliphatic rings. The van der Waals surface area contributed by atoms with Crippen LogP contribution in [-0.2, 0) is 13.0 Å². The molecule has 6 heteroatoms. The lowest BCUT2D eigenvalue weighted by atomic mass is 9.98. The average molecular weight is 518 g/mol. The molecule has 6 nitrogen and oxygen atoms in total. The van der Waals surface area contributed by atoms with Gasteiger partial charge >= 0.3 is 0 Å². The Labute approximate surface area is 226 Å². The zero-order valence-corrected chi connectivity index (χ0v) is 21.5. The quantitative estimate of drug-likeness (QED) is 0.246. The second-order valence-electron chi connectivity index (χ2n) is 9.51. The van der Waals surface area contributed by atoms with Crippen LogP contribution in [0.2, 0.25) is 0 Å². The van der Waals surface area contributed by atoms with E-state index < -0.39 is 6.04 Å². The topological polar surface area (TPSA) is 69.0 Å². The molecule has 0 saturated carbocycles. The van der Waals surface area contributed by atoms with Gasteiger partial charge in [0.1, 0.15) is 23.7 Å². The SMILES string of the molecule is COc1ccc(CCN2C(=O)c3oc4ccccc4c(=O)c3C2c2ccc(OCc3ccccc3)cc2)cc1. The number of carbonyl (C=O) groups is 1. The van der Waals surface area contributed by atoms with E-state index in [0.717, 1.165) is 22.4 Å². The van der Waals surface area contributed by atoms with Crippen molar-refractivity contribution >= 4 is 16.9 Å². The van der Waals surface area contributed by atoms with Crippen molar-refractivity contribution in [2.24, 2.45) is 0 Å². The maximum atomic E-state index is 13.7. The fourth-order valence-electron chi connectivity index (χ4n) is 5.07. The average Bonchev–Trinajstić information content (AvgIpc) is 3.27. The summed E-state index contributed by atoms with van der Waals surface area (Å²) in [6.07, 6.45) is 0.617. The maximum Gasteiger partial charge on any atom is 0.290 e. The van der Waals surface area contributed by atoms with Gasteiger partial charge in [0.25, 0.3) is 5.91 Å². The summed E-state index contributed by atoms with van der Waals surface area (Å²) in [6.45, 7) is 0.872. The number of hydrogen-bond donors (Lipinski definition) is 0. The van der Waals surface area contributed by atoms with Crippen molar-refractivity contribution in [3.8, 4) is 11.5 Å². The Morgan fingerprint density at radius 2 is 1.46 bits per heavy atom. The van der Waals surface area contributed by atoms with Crippen molar-refractivity contribution in [1.29, 1.82) is 0 Å². The zero-order chi connectivity index (χ0) is 26.8. The summed E-state index contributed by atoms with van der Waals surface area (Å²) in [5.74, 6) is 1.32. The summed E-state index contributed by atoms with van der Waals surface area (Å²) in [4.78, 5) is 29.1. The number of methoxy groups -OCH3 is 1. The molecule has 0 spiro atoms. The van der Waals surface area contributed by atoms with Crippen molar-refractivity contribution < 1.29 is 18.7 Å². The Kier molecular flexibility index (Phi) is 6.59. The van der Waals surface area contributed by atoms with Crippen molar-refractivity contribution in [3.63, 3.8) is 0 Å². The van der Waals surface area contributed by atoms with Gasteiger partial charge in [-0.1, -0.05) is 66.7 Å². The molecule has 0 N–H and O–H groups in total. The predicted octanol–water partition coefficient (Wildman–Crippen LogP) is 6.17. The molecule has 0 saturated heterocycles. The lowest BCUT2D eigenvalue weighted by Crippen LogP contribution is -2.31. The number of fused-ring (bicyclic) bond motifs is 2. The molecule has 194 valence electrons. The number of ether oxygens (including phenoxy) is 2. The van der Waals surface area contributed by atoms with Gasteiger partial charge in [-0.25, -0.2) is 0 Å². The smallest absolute Gasteiger partial charge is 0.290 e. The van der Waals surface area contributed by atoms with Crippen LogP contribution in [-0.4, -0.2) is 24.5 Å². The van der Waals surface area contributed by atoms with E-state index >= 15 is 0 Å². The molecule has 2 heterocycles. The summed E-state index contributed by atoms with van der Waals surface area (Å²) < 4.78 is 17.3. The number of hydrogen-bond acceptors (Lipinski definition) is 5. The van der Waals surface area contributed by atoms with Crippen molar-refractivity contribution in [2.75, 3.05) is 13.7 Å². The highest BCUT2D eigenvalue weighted by molar-refractivity contribution is 5.99. The zero-order valence-electron chi connectivity index (χ0n) is 21.5. The minimum Gasteiger partial charge on any atom is -0.497 e. The predicted molar refractivity (Wildman–Crippen MR) is 149 cm³/mol. The maximum absolute atomic E-state index is 13.7. The second-order valence-corrected chi connectivity index (χ2v) is 9.51. The first-order chi connectivity index (χ1) is 19.1. The normalized spacial score (nSPS) is 14.4. The Hall–Kier alpha value is -4.84. The van der Waals surface area contributed by atoms with E-state index in [9.17, 15) is 9.59 Å². The van der Waals surface area contributed by atoms with Gasteiger partial charge in [0.05, 0.1) is 24.1 Å². The highest BCUT2D eigenvalue weighted by atomic mass is 16.5. The molecule has 1 aromatic heterocycles. The molecule has 0 fully saturated rings. The molecule has 6 rings (SSSR count). The molecule has 0 bridgehead atoms. The molecule has 1 aliphatic heterocycles. The third kappa shape index (κ3) is 4.77. The molecule has 1 atom stereocenters. The van der Waals surface area contributed by atoms with Crippen LogP contribution < -0.4 is 14.9 Å². The van der Waals surface area contributed by atoms with Crippen LogP contribution in [0.3, 0.4) is 0 Å². The van der Waals surface area contributed by atoms with Gasteiger partial charge in [-0.3, -0.25) is 9.59 Å². The van der Waals surface area contributed by atoms with E-state index in [0.29, 0.717) is 41.9 Å². The minimum atomic E-state index is -0.560. The molecule has 0 aliphatic carbocycles. The van der Waals surface area contributed by atoms with E-state index in [-0.39, 0.29) is 17.1 Å². The van der Waals surface area contributed by atoms with Gasteiger partial charge in [0.15, 0.2) is 5.43 Å². The standard InChI is InChI=1S/C33H27NO5/c1-37-25-15-11-22(12-16-25)19-20-34-30(24-13-17-26(18-14-24)38-21-23-7-3-2-4-8-23)29-31(35)27-9-5-6-10-28(27)39-32(29)33(34)36/h2-18,30H,19-21H2,1H3. The van der Waals surface area contributed by atoms with Gasteiger partial charge in [0.2, 0.25) is 5.76 Å². The summed E-state index contributed by atoms with van der Waals surface area (Å²) >= 11 is 0. The van der Waals surface area contributed by atoms with E-state index in [4.69, 9.17) is 13.9 Å². The van der Waals surface area contributed by atoms with Gasteiger partial charge < -0.3 is 18.8 Å². The largest absolute Gasteiger partial charge is 0.497 e. The molecule has 1 unspecified atom stereocenters. The molecule has 4 aromatic carbocycles. The lowest BCUT2D eigenvalue weighted by Gasteiger charge is -2.25. The second kappa shape index (κ2) is 10.5. The van der Waals surface area contributed by atoms with Crippen molar-refractivity contribution in [3.05, 3.63) is 141 Å². The lowest BCUT2D eigenvalue weighted by molar-refractivity contribution is 0.0730. The Morgan fingerprint density at radius 3 is 2.21 bits per heavy atom. The first-order valence-corrected chi connectivity index (χ1v) is 12.9. The van der Waals surface area contributed by atoms with Crippen LogP contribution in [0.15, 0.2) is 112 Å². The van der Waals surface area contributed by atoms with E-state index in [1.807, 2.05) is 78.9 Å². The van der Waals surface area contributed by atoms with Gasteiger partial charge in [-0.2, -0.15) is 0 Å². The monoisotopic (exact) mass is 517 g/mol. The number of para-hydroxylation sites is 1. The Morgan fingerprint density at radius 1 is 0.769 bits per heavy atom. The fraction of sp³-hybridized carbons (Fsp3) is 0.152. The number of nitrogens with zero attached hydrogens (tertiary/aromatic N) is 1. The third-order valence-corrected chi connectivity index (χ3v) is 7.12. The van der Waals surface area contributed by atoms with Crippen LogP contribution in [0.4, 0.5) is 0 Å². The molecule has 5 aromatic rings. The van der Waals surface area contributed by atoms with Gasteiger partial charge in [0, 0.05) is 6.54 Å². The van der Waals surface area contributed by atoms with Crippen LogP contribution in [0.5, 0.6) is 11.5 Å². The summed E-state index contributed by atoms with van der Waals surface area (Å²) in [6, 6.07) is 31.8. The van der Waals surface area contributed by atoms with Crippen LogP contribution in [0.1, 0.15) is 38.9 Å². The van der Waals surface area contributed by atoms with Crippen molar-refractivity contribution in [1.82, 2.24) is 4.90 Å². The first-order valence-electron chi connectivity index (χ1n) is 12.9. The van der Waals surface area contributed by atoms with E-state index in [2.05, 4.69) is 0 Å². The van der Waals surface area contributed by atoms with E-state index in [1.165, 1.54) is 0 Å². The van der Waals surface area contributed by atoms with Crippen LogP contribution in [0.25, 0.3) is 11.0 Å². The number of rotatable bonds is 8. The van der Waals surface area contributed by atoms with Gasteiger partial charge in [-0.05, 0) is 59.5 Å². The summed E-state index contributed by atoms with van der Waals surface area (Å²) in [5, 5.41) is 0.467. The molecular weight excluding hydrogens is 490 g/mol. The number of amides is 1. The highest BCUT2D eigenvalue weighted by Gasteiger charge is 2.42. The minimum absolute atomic E-state index is 0.114. The van der Waals surface area contributed by atoms with Gasteiger partial charge in [-0.15, -0.1) is 0 Å². The molecular formula is C33H27NO5. The number of carbonyl (C=O) groups excluding carboxylic acids is 1. The fourth-order valence-corrected chi connectivity index (χ4v) is 5.07.